The quantitative estimate of drug-likeness (QED) is 0.682. The van der Waals surface area contributed by atoms with Crippen molar-refractivity contribution in [2.24, 2.45) is 0 Å². The van der Waals surface area contributed by atoms with Gasteiger partial charge in [-0.05, 0) is 25.0 Å². The summed E-state index contributed by atoms with van der Waals surface area (Å²) in [7, 11) is 0. The molecule has 0 aromatic heterocycles. The molecule has 0 amide bonds. The average molecular weight is 290 g/mol. The van der Waals surface area contributed by atoms with Gasteiger partial charge in [-0.15, -0.1) is 0 Å². The first-order chi connectivity index (χ1) is 9.55. The summed E-state index contributed by atoms with van der Waals surface area (Å²) in [5.41, 5.74) is -0.719. The number of rotatable bonds is 9. The molecule has 0 aliphatic rings. The lowest BCUT2D eigenvalue weighted by atomic mass is 10.1. The zero-order valence-electron chi connectivity index (χ0n) is 11.5. The predicted octanol–water partition coefficient (Wildman–Crippen LogP) is 4.42. The van der Waals surface area contributed by atoms with E-state index in [1.165, 1.54) is 12.1 Å². The van der Waals surface area contributed by atoms with E-state index in [0.29, 0.717) is 6.61 Å². The van der Waals surface area contributed by atoms with Crippen molar-refractivity contribution < 1.29 is 23.0 Å². The molecule has 0 bridgehead atoms. The van der Waals surface area contributed by atoms with Crippen LogP contribution in [0.4, 0.5) is 13.2 Å². The molecule has 0 atom stereocenters. The smallest absolute Gasteiger partial charge is 0.419 e. The highest BCUT2D eigenvalue weighted by atomic mass is 19.4. The van der Waals surface area contributed by atoms with Crippen LogP contribution in [-0.4, -0.2) is 18.3 Å². The molecule has 0 aliphatic carbocycles. The molecule has 0 aliphatic heterocycles. The second-order valence-electron chi connectivity index (χ2n) is 4.69. The molecule has 20 heavy (non-hydrogen) atoms. The molecule has 0 heterocycles. The zero-order chi connectivity index (χ0) is 14.8. The molecule has 0 fully saturated rings. The van der Waals surface area contributed by atoms with Gasteiger partial charge in [-0.3, -0.25) is 0 Å². The second kappa shape index (κ2) is 8.84. The molecule has 1 aromatic carbocycles. The van der Waals surface area contributed by atoms with Crippen molar-refractivity contribution in [3.8, 4) is 5.75 Å². The minimum absolute atomic E-state index is 0.0970. The van der Waals surface area contributed by atoms with E-state index in [4.69, 9.17) is 9.84 Å². The van der Waals surface area contributed by atoms with Crippen molar-refractivity contribution >= 4 is 0 Å². The van der Waals surface area contributed by atoms with Gasteiger partial charge in [0.05, 0.1) is 12.2 Å². The van der Waals surface area contributed by atoms with E-state index in [0.717, 1.165) is 44.6 Å². The Bertz CT molecular complexity index is 378. The number of aliphatic hydroxyl groups excluding tert-OH is 1. The summed E-state index contributed by atoms with van der Waals surface area (Å²) in [5, 5.41) is 8.61. The third-order valence-electron chi connectivity index (χ3n) is 3.00. The van der Waals surface area contributed by atoms with Crippen LogP contribution in [-0.2, 0) is 6.18 Å². The number of hydrogen-bond acceptors (Lipinski definition) is 2. The maximum absolute atomic E-state index is 12.7. The molecule has 1 rings (SSSR count). The number of hydrogen-bond donors (Lipinski definition) is 1. The molecular formula is C15H21F3O2. The summed E-state index contributed by atoms with van der Waals surface area (Å²) in [5.74, 6) is -0.0970. The molecule has 1 N–H and O–H groups in total. The highest BCUT2D eigenvalue weighted by molar-refractivity contribution is 5.35. The Morgan fingerprint density at radius 2 is 1.50 bits per heavy atom. The summed E-state index contributed by atoms with van der Waals surface area (Å²) in [4.78, 5) is 0. The Labute approximate surface area is 117 Å². The first kappa shape index (κ1) is 16.8. The Balaban J connectivity index is 2.26. The molecule has 5 heteroatoms. The number of benzene rings is 1. The molecule has 1 aromatic rings. The number of halogens is 3. The minimum Gasteiger partial charge on any atom is -0.493 e. The van der Waals surface area contributed by atoms with Gasteiger partial charge in [-0.1, -0.05) is 37.8 Å². The fourth-order valence-corrected chi connectivity index (χ4v) is 1.93. The van der Waals surface area contributed by atoms with E-state index in [-0.39, 0.29) is 12.4 Å². The highest BCUT2D eigenvalue weighted by Crippen LogP contribution is 2.35. The van der Waals surface area contributed by atoms with Crippen LogP contribution in [0.15, 0.2) is 24.3 Å². The van der Waals surface area contributed by atoms with Crippen LogP contribution >= 0.6 is 0 Å². The van der Waals surface area contributed by atoms with Gasteiger partial charge in [-0.25, -0.2) is 0 Å². The molecule has 2 nitrogen and oxygen atoms in total. The van der Waals surface area contributed by atoms with Crippen LogP contribution in [0.2, 0.25) is 0 Å². The summed E-state index contributed by atoms with van der Waals surface area (Å²) >= 11 is 0. The van der Waals surface area contributed by atoms with Gasteiger partial charge >= 0.3 is 6.18 Å². The third-order valence-corrected chi connectivity index (χ3v) is 3.00. The van der Waals surface area contributed by atoms with Crippen molar-refractivity contribution in [1.29, 1.82) is 0 Å². The number of para-hydroxylation sites is 1. The van der Waals surface area contributed by atoms with Gasteiger partial charge < -0.3 is 9.84 Å². The van der Waals surface area contributed by atoms with Crippen molar-refractivity contribution in [2.75, 3.05) is 13.2 Å². The molecule has 0 radical (unpaired) electrons. The van der Waals surface area contributed by atoms with E-state index >= 15 is 0 Å². The fourth-order valence-electron chi connectivity index (χ4n) is 1.93. The first-order valence-electron chi connectivity index (χ1n) is 6.95. The normalized spacial score (nSPS) is 11.6. The lowest BCUT2D eigenvalue weighted by Gasteiger charge is -2.13. The van der Waals surface area contributed by atoms with Crippen LogP contribution in [0.25, 0.3) is 0 Å². The van der Waals surface area contributed by atoms with E-state index in [1.54, 1.807) is 6.07 Å². The third kappa shape index (κ3) is 6.28. The lowest BCUT2D eigenvalue weighted by molar-refractivity contribution is -0.138. The summed E-state index contributed by atoms with van der Waals surface area (Å²) in [6.45, 7) is 0.518. The van der Waals surface area contributed by atoms with Gasteiger partial charge in [0.2, 0.25) is 0 Å². The Morgan fingerprint density at radius 1 is 0.900 bits per heavy atom. The Morgan fingerprint density at radius 3 is 2.15 bits per heavy atom. The van der Waals surface area contributed by atoms with Gasteiger partial charge in [0.15, 0.2) is 0 Å². The molecular weight excluding hydrogens is 269 g/mol. The fraction of sp³-hybridized carbons (Fsp3) is 0.600. The maximum Gasteiger partial charge on any atom is 0.419 e. The predicted molar refractivity (Wildman–Crippen MR) is 71.7 cm³/mol. The molecule has 0 unspecified atom stereocenters. The van der Waals surface area contributed by atoms with E-state index in [1.807, 2.05) is 0 Å². The topological polar surface area (TPSA) is 29.5 Å². The van der Waals surface area contributed by atoms with Crippen LogP contribution in [0.1, 0.15) is 44.1 Å². The average Bonchev–Trinajstić information content (AvgIpc) is 2.41. The number of aliphatic hydroxyl groups is 1. The summed E-state index contributed by atoms with van der Waals surface area (Å²) < 4.78 is 43.3. The molecule has 114 valence electrons. The van der Waals surface area contributed by atoms with Gasteiger partial charge in [0.25, 0.3) is 0 Å². The van der Waals surface area contributed by atoms with Crippen molar-refractivity contribution in [3.05, 3.63) is 29.8 Å². The lowest BCUT2D eigenvalue weighted by Crippen LogP contribution is -2.09. The van der Waals surface area contributed by atoms with Gasteiger partial charge in [-0.2, -0.15) is 13.2 Å². The van der Waals surface area contributed by atoms with Crippen LogP contribution in [0.3, 0.4) is 0 Å². The monoisotopic (exact) mass is 290 g/mol. The van der Waals surface area contributed by atoms with Crippen LogP contribution in [0.5, 0.6) is 5.75 Å². The Hall–Kier alpha value is -1.23. The van der Waals surface area contributed by atoms with Crippen molar-refractivity contribution in [1.82, 2.24) is 0 Å². The van der Waals surface area contributed by atoms with E-state index in [9.17, 15) is 13.2 Å². The number of alkyl halides is 3. The highest BCUT2D eigenvalue weighted by Gasteiger charge is 2.33. The first-order valence-corrected chi connectivity index (χ1v) is 6.95. The van der Waals surface area contributed by atoms with Crippen molar-refractivity contribution in [3.63, 3.8) is 0 Å². The van der Waals surface area contributed by atoms with Crippen molar-refractivity contribution in [2.45, 2.75) is 44.7 Å². The van der Waals surface area contributed by atoms with E-state index in [2.05, 4.69) is 0 Å². The summed E-state index contributed by atoms with van der Waals surface area (Å²) in [6.07, 6.45) is 1.17. The SMILES string of the molecule is OCCCCCCCCOc1ccccc1C(F)(F)F. The van der Waals surface area contributed by atoms with Crippen LogP contribution in [0, 0.1) is 0 Å². The van der Waals surface area contributed by atoms with Gasteiger partial charge in [0.1, 0.15) is 5.75 Å². The molecule has 0 saturated carbocycles. The maximum atomic E-state index is 12.7. The zero-order valence-corrected chi connectivity index (χ0v) is 11.5. The molecule has 0 saturated heterocycles. The van der Waals surface area contributed by atoms with Gasteiger partial charge in [0, 0.05) is 6.61 Å². The summed E-state index contributed by atoms with van der Waals surface area (Å²) in [6, 6.07) is 5.28. The Kier molecular flexibility index (Phi) is 7.44. The second-order valence-corrected chi connectivity index (χ2v) is 4.69. The number of unbranched alkanes of at least 4 members (excludes halogenated alkanes) is 5. The standard InChI is InChI=1S/C15H21F3O2/c16-15(17,18)13-9-5-6-10-14(13)20-12-8-4-2-1-3-7-11-19/h5-6,9-10,19H,1-4,7-8,11-12H2. The molecule has 0 spiro atoms. The van der Waals surface area contributed by atoms with E-state index < -0.39 is 11.7 Å². The largest absolute Gasteiger partial charge is 0.493 e. The van der Waals surface area contributed by atoms with Crippen LogP contribution < -0.4 is 4.74 Å². The number of ether oxygens (including phenoxy) is 1. The minimum atomic E-state index is -4.37.